The minimum absolute atomic E-state index is 0. The van der Waals surface area contributed by atoms with Crippen molar-refractivity contribution in [1.82, 2.24) is 0 Å². The molecule has 1 N–H and O–H groups in total. The Morgan fingerprint density at radius 3 is 1.29 bits per heavy atom. The average Bonchev–Trinajstić information content (AvgIpc) is 0.811. The van der Waals surface area contributed by atoms with E-state index >= 15 is 0 Å². The van der Waals surface area contributed by atoms with Gasteiger partial charge in [-0.05, 0) is 6.16 Å². The molecule has 0 aromatic carbocycles. The molecule has 0 heterocycles. The number of carboxylic acid groups (broad SMARTS) is 2. The van der Waals surface area contributed by atoms with E-state index in [1.54, 1.807) is 0 Å². The van der Waals surface area contributed by atoms with Gasteiger partial charge in [0.25, 0.3) is 0 Å². The zero-order chi connectivity index (χ0) is 3.58. The van der Waals surface area contributed by atoms with Crippen molar-refractivity contribution in [1.29, 1.82) is 0 Å². The molecule has 0 atom stereocenters. The molecule has 0 saturated heterocycles. The Bertz CT molecular complexity index is 34.7. The normalized spacial score (nSPS) is 3.43. The molecule has 0 aliphatic heterocycles. The van der Waals surface area contributed by atoms with Gasteiger partial charge in [-0.3, -0.25) is 0 Å². The molecule has 4 nitrogen and oxygen atoms in total. The van der Waals surface area contributed by atoms with Crippen molar-refractivity contribution in [3.63, 3.8) is 0 Å². The summed E-state index contributed by atoms with van der Waals surface area (Å²) in [6, 6.07) is 0. The fourth-order valence-corrected chi connectivity index (χ4v) is 0. The molecule has 0 fully saturated rings. The van der Waals surface area contributed by atoms with Crippen molar-refractivity contribution in [3.05, 3.63) is 0 Å². The molecular formula is CHCaKO4. The van der Waals surface area contributed by atoms with E-state index < -0.39 is 6.16 Å². The van der Waals surface area contributed by atoms with Crippen LogP contribution in [0.4, 0.5) is 4.79 Å². The second-order valence-corrected chi connectivity index (χ2v) is 0.250. The van der Waals surface area contributed by atoms with Crippen LogP contribution in [0.5, 0.6) is 0 Å². The maximum Gasteiger partial charge on any atom is 2.00 e. The minimum Gasteiger partial charge on any atom is -0.870 e. The van der Waals surface area contributed by atoms with Gasteiger partial charge in [-0.15, -0.1) is 0 Å². The van der Waals surface area contributed by atoms with E-state index in [-0.39, 0.29) is 94.6 Å². The van der Waals surface area contributed by atoms with Crippen molar-refractivity contribution in [3.8, 4) is 0 Å². The van der Waals surface area contributed by atoms with Gasteiger partial charge in [0.15, 0.2) is 0 Å². The minimum atomic E-state index is -2.33. The summed E-state index contributed by atoms with van der Waals surface area (Å²) < 4.78 is 0. The maximum absolute atomic E-state index is 8.33. The van der Waals surface area contributed by atoms with Gasteiger partial charge in [-0.2, -0.15) is 0 Å². The molecule has 0 rings (SSSR count). The van der Waals surface area contributed by atoms with Crippen molar-refractivity contribution in [2.45, 2.75) is 0 Å². The van der Waals surface area contributed by atoms with Crippen molar-refractivity contribution in [2.75, 3.05) is 0 Å². The Kier molecular flexibility index (Phi) is 51.5. The molecule has 0 unspecified atom stereocenters. The number of hydrogen-bond acceptors (Lipinski definition) is 4. The first kappa shape index (κ1) is 22.9. The molecule has 6 heteroatoms. The number of rotatable bonds is 0. The number of hydrogen-bond donors (Lipinski definition) is 0. The van der Waals surface area contributed by atoms with Crippen molar-refractivity contribution < 1.29 is 71.9 Å². The molecule has 0 aromatic heterocycles. The Morgan fingerprint density at radius 1 is 1.29 bits per heavy atom. The summed E-state index contributed by atoms with van der Waals surface area (Å²) in [6.07, 6.45) is -2.33. The SMILES string of the molecule is O=C([O-])[O-].[Ca+2].[K+].[OH-]. The van der Waals surface area contributed by atoms with E-state index in [1.165, 1.54) is 0 Å². The molecule has 32 valence electrons. The summed E-state index contributed by atoms with van der Waals surface area (Å²) in [5, 5.41) is 16.7. The topological polar surface area (TPSA) is 93.2 Å². The molecule has 0 amide bonds. The summed E-state index contributed by atoms with van der Waals surface area (Å²) >= 11 is 0. The van der Waals surface area contributed by atoms with Gasteiger partial charge in [0.05, 0.1) is 0 Å². The van der Waals surface area contributed by atoms with Gasteiger partial charge in [0, 0.05) is 0 Å². The smallest absolute Gasteiger partial charge is 0.870 e. The van der Waals surface area contributed by atoms with Crippen LogP contribution in [0.3, 0.4) is 0 Å². The summed E-state index contributed by atoms with van der Waals surface area (Å²) in [5.41, 5.74) is 0. The van der Waals surface area contributed by atoms with Crippen molar-refractivity contribution >= 4 is 43.9 Å². The van der Waals surface area contributed by atoms with Crippen molar-refractivity contribution in [2.24, 2.45) is 0 Å². The summed E-state index contributed by atoms with van der Waals surface area (Å²) in [5.74, 6) is 0. The quantitative estimate of drug-likeness (QED) is 0.326. The van der Waals surface area contributed by atoms with E-state index in [0.29, 0.717) is 0 Å². The van der Waals surface area contributed by atoms with E-state index in [4.69, 9.17) is 15.0 Å². The van der Waals surface area contributed by atoms with Crippen LogP contribution in [0.15, 0.2) is 0 Å². The fourth-order valence-electron chi connectivity index (χ4n) is 0. The first-order chi connectivity index (χ1) is 1.73. The van der Waals surface area contributed by atoms with Crippen LogP contribution < -0.4 is 61.6 Å². The Hall–Kier alpha value is 2.13. The Labute approximate surface area is 113 Å². The van der Waals surface area contributed by atoms with Crippen LogP contribution >= 0.6 is 0 Å². The first-order valence-electron chi connectivity index (χ1n) is 0.612. The zero-order valence-corrected chi connectivity index (χ0v) is 9.21. The van der Waals surface area contributed by atoms with Gasteiger partial charge in [0.1, 0.15) is 0 Å². The number of carbonyl (C=O) groups is 1. The zero-order valence-electron chi connectivity index (χ0n) is 3.88. The predicted octanol–water partition coefficient (Wildman–Crippen LogP) is -6.00. The molecule has 0 aliphatic rings. The predicted molar refractivity (Wildman–Crippen MR) is 13.1 cm³/mol. The second-order valence-electron chi connectivity index (χ2n) is 0.250. The standard InChI is InChI=1S/CH2O3.Ca.K.H2O/c2-1(3)4;;;/h(H2,2,3,4);;;1H2/q;+2;+1;/p-3. The second kappa shape index (κ2) is 15.7. The van der Waals surface area contributed by atoms with Crippen LogP contribution in [0.1, 0.15) is 0 Å². The molecule has 0 saturated carbocycles. The molecule has 0 aromatic rings. The van der Waals surface area contributed by atoms with Gasteiger partial charge in [-0.1, -0.05) is 0 Å². The van der Waals surface area contributed by atoms with Gasteiger partial charge >= 0.3 is 89.1 Å². The van der Waals surface area contributed by atoms with Crippen LogP contribution in [0.2, 0.25) is 0 Å². The van der Waals surface area contributed by atoms with Crippen LogP contribution in [-0.2, 0) is 0 Å². The van der Waals surface area contributed by atoms with Crippen LogP contribution in [-0.4, -0.2) is 49.4 Å². The Balaban J connectivity index is -0.0000000150. The third kappa shape index (κ3) is 67.5. The molecule has 0 spiro atoms. The van der Waals surface area contributed by atoms with Crippen LogP contribution in [0.25, 0.3) is 0 Å². The summed E-state index contributed by atoms with van der Waals surface area (Å²) in [7, 11) is 0. The van der Waals surface area contributed by atoms with E-state index in [0.717, 1.165) is 0 Å². The van der Waals surface area contributed by atoms with Crippen LogP contribution in [0, 0.1) is 0 Å². The maximum atomic E-state index is 8.33. The van der Waals surface area contributed by atoms with E-state index in [9.17, 15) is 0 Å². The van der Waals surface area contributed by atoms with Gasteiger partial charge in [-0.25, -0.2) is 0 Å². The Morgan fingerprint density at radius 2 is 1.29 bits per heavy atom. The molecule has 0 aliphatic carbocycles. The monoisotopic (exact) mass is 156 g/mol. The first-order valence-corrected chi connectivity index (χ1v) is 0.612. The largest absolute Gasteiger partial charge is 2.00 e. The van der Waals surface area contributed by atoms with E-state index in [1.807, 2.05) is 0 Å². The average molecular weight is 156 g/mol. The van der Waals surface area contributed by atoms with Gasteiger partial charge < -0.3 is 20.5 Å². The third-order valence-electron chi connectivity index (χ3n) is 0. The van der Waals surface area contributed by atoms with E-state index in [2.05, 4.69) is 0 Å². The third-order valence-corrected chi connectivity index (χ3v) is 0. The number of carbonyl (C=O) groups excluding carboxylic acids is 1. The fraction of sp³-hybridized carbons (Fsp3) is 0. The molecule has 0 radical (unpaired) electrons. The van der Waals surface area contributed by atoms with Gasteiger partial charge in [0.2, 0.25) is 0 Å². The summed E-state index contributed by atoms with van der Waals surface area (Å²) in [4.78, 5) is 8.33. The molecule has 0 bridgehead atoms. The summed E-state index contributed by atoms with van der Waals surface area (Å²) in [6.45, 7) is 0. The molecular weight excluding hydrogens is 155 g/mol. The molecule has 7 heavy (non-hydrogen) atoms.